The summed E-state index contributed by atoms with van der Waals surface area (Å²) in [6.07, 6.45) is 0. The standard InChI is InChI=1S/C7H15ClN2O3S/c8-7-14(12,13)10-3-1-9(2-4-10)5-6-11/h11H,1-7H2. The molecule has 1 saturated heterocycles. The van der Waals surface area contributed by atoms with Crippen LogP contribution >= 0.6 is 11.6 Å². The zero-order chi connectivity index (χ0) is 10.6. The van der Waals surface area contributed by atoms with Gasteiger partial charge >= 0.3 is 0 Å². The fourth-order valence-electron chi connectivity index (χ4n) is 1.44. The predicted molar refractivity (Wildman–Crippen MR) is 54.7 cm³/mol. The Labute approximate surface area is 89.3 Å². The molecule has 0 atom stereocenters. The van der Waals surface area contributed by atoms with Gasteiger partial charge in [0.2, 0.25) is 10.0 Å². The van der Waals surface area contributed by atoms with Crippen molar-refractivity contribution >= 4 is 21.6 Å². The van der Waals surface area contributed by atoms with E-state index >= 15 is 0 Å². The molecule has 0 aromatic rings. The first-order chi connectivity index (χ1) is 6.60. The Morgan fingerprint density at radius 1 is 1.21 bits per heavy atom. The van der Waals surface area contributed by atoms with Crippen LogP contribution in [0, 0.1) is 0 Å². The molecule has 1 N–H and O–H groups in total. The van der Waals surface area contributed by atoms with Crippen LogP contribution in [0.3, 0.4) is 0 Å². The van der Waals surface area contributed by atoms with Crippen LogP contribution in [0.2, 0.25) is 0 Å². The fraction of sp³-hybridized carbons (Fsp3) is 1.00. The number of alkyl halides is 1. The molecule has 1 aliphatic heterocycles. The quantitative estimate of drug-likeness (QED) is 0.651. The molecular weight excluding hydrogens is 228 g/mol. The first-order valence-corrected chi connectivity index (χ1v) is 6.61. The summed E-state index contributed by atoms with van der Waals surface area (Å²) in [4.78, 5) is 2.03. The number of piperazine rings is 1. The highest BCUT2D eigenvalue weighted by Gasteiger charge is 2.25. The highest BCUT2D eigenvalue weighted by Crippen LogP contribution is 2.08. The summed E-state index contributed by atoms with van der Waals surface area (Å²) in [6, 6.07) is 0. The highest BCUT2D eigenvalue weighted by molar-refractivity contribution is 7.90. The lowest BCUT2D eigenvalue weighted by molar-refractivity contribution is 0.151. The van der Waals surface area contributed by atoms with Gasteiger partial charge in [-0.05, 0) is 0 Å². The lowest BCUT2D eigenvalue weighted by Gasteiger charge is -2.33. The van der Waals surface area contributed by atoms with Gasteiger partial charge in [0.1, 0.15) is 5.21 Å². The van der Waals surface area contributed by atoms with E-state index in [9.17, 15) is 8.42 Å². The maximum atomic E-state index is 11.3. The second kappa shape index (κ2) is 5.27. The van der Waals surface area contributed by atoms with Crippen molar-refractivity contribution in [2.24, 2.45) is 0 Å². The summed E-state index contributed by atoms with van der Waals surface area (Å²) in [5.74, 6) is 0. The molecule has 1 heterocycles. The van der Waals surface area contributed by atoms with E-state index in [1.165, 1.54) is 4.31 Å². The van der Waals surface area contributed by atoms with E-state index in [1.54, 1.807) is 0 Å². The van der Waals surface area contributed by atoms with E-state index in [1.807, 2.05) is 4.90 Å². The molecule has 0 aromatic heterocycles. The van der Waals surface area contributed by atoms with Gasteiger partial charge in [0, 0.05) is 32.7 Å². The molecule has 0 aromatic carbocycles. The number of halogens is 1. The molecule has 5 nitrogen and oxygen atoms in total. The molecule has 84 valence electrons. The fourth-order valence-corrected chi connectivity index (χ4v) is 2.71. The SMILES string of the molecule is O=S(=O)(CCl)N1CCN(CCO)CC1. The zero-order valence-electron chi connectivity index (χ0n) is 7.89. The molecule has 0 radical (unpaired) electrons. The second-order valence-electron chi connectivity index (χ2n) is 3.19. The second-order valence-corrected chi connectivity index (χ2v) is 5.74. The highest BCUT2D eigenvalue weighted by atomic mass is 35.5. The van der Waals surface area contributed by atoms with Gasteiger partial charge in [-0.3, -0.25) is 4.90 Å². The number of aliphatic hydroxyl groups is 1. The Bertz CT molecular complexity index is 262. The van der Waals surface area contributed by atoms with Crippen molar-refractivity contribution in [3.05, 3.63) is 0 Å². The summed E-state index contributed by atoms with van der Waals surface area (Å²) in [6.45, 7) is 2.98. The van der Waals surface area contributed by atoms with E-state index < -0.39 is 10.0 Å². The van der Waals surface area contributed by atoms with Gasteiger partial charge in [-0.1, -0.05) is 0 Å². The summed E-state index contributed by atoms with van der Waals surface area (Å²) in [5.41, 5.74) is 0. The number of sulfonamides is 1. The van der Waals surface area contributed by atoms with Crippen LogP contribution in [-0.4, -0.2) is 67.3 Å². The van der Waals surface area contributed by atoms with E-state index in [2.05, 4.69) is 0 Å². The average molecular weight is 243 g/mol. The van der Waals surface area contributed by atoms with Crippen LogP contribution in [-0.2, 0) is 10.0 Å². The molecule has 0 unspecified atom stereocenters. The molecule has 1 fully saturated rings. The summed E-state index contributed by atoms with van der Waals surface area (Å²) in [5, 5.41) is 8.34. The maximum absolute atomic E-state index is 11.3. The summed E-state index contributed by atoms with van der Waals surface area (Å²) >= 11 is 5.34. The minimum atomic E-state index is -3.25. The average Bonchev–Trinajstić information content (AvgIpc) is 2.19. The lowest BCUT2D eigenvalue weighted by Crippen LogP contribution is -2.49. The van der Waals surface area contributed by atoms with Gasteiger partial charge in [0.05, 0.1) is 6.61 Å². The Hall–Kier alpha value is 0.120. The Balaban J connectivity index is 2.43. The minimum Gasteiger partial charge on any atom is -0.395 e. The van der Waals surface area contributed by atoms with Crippen molar-refractivity contribution in [1.82, 2.24) is 9.21 Å². The van der Waals surface area contributed by atoms with Crippen LogP contribution in [0.4, 0.5) is 0 Å². The third kappa shape index (κ3) is 3.06. The maximum Gasteiger partial charge on any atom is 0.228 e. The van der Waals surface area contributed by atoms with Crippen molar-refractivity contribution in [2.45, 2.75) is 0 Å². The van der Waals surface area contributed by atoms with E-state index in [4.69, 9.17) is 16.7 Å². The first kappa shape index (κ1) is 12.2. The molecule has 14 heavy (non-hydrogen) atoms. The van der Waals surface area contributed by atoms with Gasteiger partial charge in [0.15, 0.2) is 0 Å². The van der Waals surface area contributed by atoms with Crippen LogP contribution in [0.15, 0.2) is 0 Å². The molecule has 0 bridgehead atoms. The molecular formula is C7H15ClN2O3S. The lowest BCUT2D eigenvalue weighted by atomic mass is 10.4. The smallest absolute Gasteiger partial charge is 0.228 e. The predicted octanol–water partition coefficient (Wildman–Crippen LogP) is -0.878. The topological polar surface area (TPSA) is 60.9 Å². The summed E-state index contributed by atoms with van der Waals surface area (Å²) in [7, 11) is -3.25. The normalized spacial score (nSPS) is 21.3. The first-order valence-electron chi connectivity index (χ1n) is 4.47. The van der Waals surface area contributed by atoms with Crippen LogP contribution in [0.1, 0.15) is 0 Å². The van der Waals surface area contributed by atoms with E-state index in [0.29, 0.717) is 32.7 Å². The zero-order valence-corrected chi connectivity index (χ0v) is 9.47. The number of rotatable bonds is 4. The molecule has 0 aliphatic carbocycles. The van der Waals surface area contributed by atoms with Gasteiger partial charge in [-0.25, -0.2) is 8.42 Å². The third-order valence-corrected chi connectivity index (χ3v) is 4.53. The molecule has 0 spiro atoms. The van der Waals surface area contributed by atoms with Crippen LogP contribution < -0.4 is 0 Å². The number of aliphatic hydroxyl groups excluding tert-OH is 1. The molecule has 1 aliphatic rings. The van der Waals surface area contributed by atoms with E-state index in [0.717, 1.165) is 0 Å². The molecule has 0 amide bonds. The summed E-state index contributed by atoms with van der Waals surface area (Å²) < 4.78 is 24.1. The number of hydrogen-bond donors (Lipinski definition) is 1. The number of nitrogens with zero attached hydrogens (tertiary/aromatic N) is 2. The number of β-amino-alcohol motifs (C(OH)–C–C–N with tert-alkyl or cyclic N) is 1. The molecule has 7 heteroatoms. The molecule has 1 rings (SSSR count). The number of hydrogen-bond acceptors (Lipinski definition) is 4. The van der Waals surface area contributed by atoms with Gasteiger partial charge in [0.25, 0.3) is 0 Å². The third-order valence-electron chi connectivity index (χ3n) is 2.28. The largest absolute Gasteiger partial charge is 0.395 e. The van der Waals surface area contributed by atoms with E-state index in [-0.39, 0.29) is 11.8 Å². The van der Waals surface area contributed by atoms with Gasteiger partial charge in [-0.2, -0.15) is 4.31 Å². The van der Waals surface area contributed by atoms with Crippen LogP contribution in [0.25, 0.3) is 0 Å². The monoisotopic (exact) mass is 242 g/mol. The Kier molecular flexibility index (Phi) is 4.59. The van der Waals surface area contributed by atoms with Crippen molar-refractivity contribution in [1.29, 1.82) is 0 Å². The Morgan fingerprint density at radius 2 is 1.79 bits per heavy atom. The Morgan fingerprint density at radius 3 is 2.21 bits per heavy atom. The van der Waals surface area contributed by atoms with Crippen molar-refractivity contribution in [3.63, 3.8) is 0 Å². The van der Waals surface area contributed by atoms with Crippen molar-refractivity contribution < 1.29 is 13.5 Å². The van der Waals surface area contributed by atoms with Crippen LogP contribution in [0.5, 0.6) is 0 Å². The minimum absolute atomic E-state index is 0.113. The van der Waals surface area contributed by atoms with Crippen molar-refractivity contribution in [2.75, 3.05) is 44.5 Å². The van der Waals surface area contributed by atoms with Gasteiger partial charge in [-0.15, -0.1) is 11.6 Å². The van der Waals surface area contributed by atoms with Crippen molar-refractivity contribution in [3.8, 4) is 0 Å². The molecule has 0 saturated carbocycles. The van der Waals surface area contributed by atoms with Gasteiger partial charge < -0.3 is 5.11 Å².